The molecule has 206 valence electrons. The standard InChI is InChI=1S/C26H26ClN9O4/c1-14-4-3-5-15(8-14)11-39-18-7-6-17(27)9-16(18)10-30-23-20-24(32-12-31-23)36(13-33-20)26-21(37)19(34-35-28)22(40-26)25(38)29-2/h3-9,12-13,19,21-22,26,37H,10-11H2,1-2H3,(H,29,38)(H,30,31,32)/t19-,21+,22-,26+/m0/s1. The molecule has 1 aliphatic rings. The lowest BCUT2D eigenvalue weighted by Gasteiger charge is -2.17. The zero-order valence-electron chi connectivity index (χ0n) is 21.6. The van der Waals surface area contributed by atoms with E-state index in [9.17, 15) is 9.90 Å². The highest BCUT2D eigenvalue weighted by molar-refractivity contribution is 6.30. The van der Waals surface area contributed by atoms with E-state index < -0.39 is 30.4 Å². The van der Waals surface area contributed by atoms with Crippen molar-refractivity contribution in [3.05, 3.63) is 87.3 Å². The summed E-state index contributed by atoms with van der Waals surface area (Å²) in [7, 11) is 1.43. The molecule has 40 heavy (non-hydrogen) atoms. The first-order valence-electron chi connectivity index (χ1n) is 12.4. The van der Waals surface area contributed by atoms with E-state index in [-0.39, 0.29) is 0 Å². The number of benzene rings is 2. The number of halogens is 1. The molecule has 0 spiro atoms. The molecule has 14 heteroatoms. The Morgan fingerprint density at radius 1 is 1.27 bits per heavy atom. The predicted octanol–water partition coefficient (Wildman–Crippen LogP) is 3.66. The zero-order valence-corrected chi connectivity index (χ0v) is 22.4. The molecule has 3 heterocycles. The highest BCUT2D eigenvalue weighted by atomic mass is 35.5. The predicted molar refractivity (Wildman–Crippen MR) is 147 cm³/mol. The number of imidazole rings is 1. The molecule has 0 radical (unpaired) electrons. The lowest BCUT2D eigenvalue weighted by Crippen LogP contribution is -2.40. The third-order valence-electron chi connectivity index (χ3n) is 6.51. The number of aliphatic hydroxyl groups is 1. The summed E-state index contributed by atoms with van der Waals surface area (Å²) in [6.45, 7) is 2.75. The van der Waals surface area contributed by atoms with Crippen LogP contribution in [0.4, 0.5) is 5.82 Å². The minimum Gasteiger partial charge on any atom is -0.489 e. The van der Waals surface area contributed by atoms with Gasteiger partial charge < -0.3 is 25.2 Å². The molecule has 0 saturated carbocycles. The van der Waals surface area contributed by atoms with E-state index >= 15 is 0 Å². The highest BCUT2D eigenvalue weighted by Crippen LogP contribution is 2.34. The number of amides is 1. The SMILES string of the molecule is CNC(=O)[C@H]1O[C@@H](n2cnc3c(NCc4cc(Cl)ccc4OCc4cccc(C)c4)ncnc32)[C@H](O)[C@@H]1N=[N+]=[N-]. The fourth-order valence-corrected chi connectivity index (χ4v) is 4.77. The second-order valence-corrected chi connectivity index (χ2v) is 9.61. The Morgan fingerprint density at radius 3 is 2.90 bits per heavy atom. The maximum absolute atomic E-state index is 12.3. The number of anilines is 1. The molecule has 4 aromatic rings. The summed E-state index contributed by atoms with van der Waals surface area (Å²) >= 11 is 6.28. The van der Waals surface area contributed by atoms with Crippen LogP contribution in [0.15, 0.2) is 60.2 Å². The molecule has 1 amide bonds. The minimum atomic E-state index is -1.32. The molecule has 0 unspecified atom stereocenters. The molecule has 1 aliphatic heterocycles. The van der Waals surface area contributed by atoms with Crippen molar-refractivity contribution in [2.75, 3.05) is 12.4 Å². The van der Waals surface area contributed by atoms with Crippen molar-refractivity contribution in [3.8, 4) is 5.75 Å². The van der Waals surface area contributed by atoms with Crippen LogP contribution >= 0.6 is 11.6 Å². The van der Waals surface area contributed by atoms with E-state index in [2.05, 4.69) is 41.7 Å². The minimum absolute atomic E-state index is 0.322. The van der Waals surface area contributed by atoms with Crippen LogP contribution in [0.2, 0.25) is 5.02 Å². The molecule has 1 fully saturated rings. The number of nitrogens with zero attached hydrogens (tertiary/aromatic N) is 7. The van der Waals surface area contributed by atoms with E-state index in [0.717, 1.165) is 16.7 Å². The number of azide groups is 1. The summed E-state index contributed by atoms with van der Waals surface area (Å²) in [6.07, 6.45) is -0.799. The zero-order chi connectivity index (χ0) is 28.2. The average molecular weight is 564 g/mol. The molecular formula is C26H26ClN9O4. The lowest BCUT2D eigenvalue weighted by molar-refractivity contribution is -0.134. The monoisotopic (exact) mass is 563 g/mol. The Kier molecular flexibility index (Phi) is 7.99. The van der Waals surface area contributed by atoms with Crippen LogP contribution in [-0.4, -0.2) is 55.8 Å². The third-order valence-corrected chi connectivity index (χ3v) is 6.74. The van der Waals surface area contributed by atoms with E-state index in [0.29, 0.717) is 40.9 Å². The first kappa shape index (κ1) is 27.2. The van der Waals surface area contributed by atoms with Crippen molar-refractivity contribution in [2.24, 2.45) is 5.11 Å². The number of hydrogen-bond acceptors (Lipinski definition) is 9. The van der Waals surface area contributed by atoms with Crippen LogP contribution in [0, 0.1) is 6.92 Å². The molecule has 3 N–H and O–H groups in total. The van der Waals surface area contributed by atoms with Crippen molar-refractivity contribution < 1.29 is 19.4 Å². The molecular weight excluding hydrogens is 538 g/mol. The van der Waals surface area contributed by atoms with Crippen molar-refractivity contribution in [1.82, 2.24) is 24.8 Å². The van der Waals surface area contributed by atoms with Gasteiger partial charge in [-0.15, -0.1) is 0 Å². The third kappa shape index (κ3) is 5.49. The van der Waals surface area contributed by atoms with Gasteiger partial charge >= 0.3 is 0 Å². The molecule has 5 rings (SSSR count). The number of carbonyl (C=O) groups excluding carboxylic acids is 1. The fraction of sp³-hybridized carbons (Fsp3) is 0.308. The Bertz CT molecular complexity index is 1590. The van der Waals surface area contributed by atoms with Crippen molar-refractivity contribution in [1.29, 1.82) is 0 Å². The molecule has 13 nitrogen and oxygen atoms in total. The number of hydrogen-bond donors (Lipinski definition) is 3. The van der Waals surface area contributed by atoms with Gasteiger partial charge in [-0.2, -0.15) is 0 Å². The Morgan fingerprint density at radius 2 is 2.12 bits per heavy atom. The van der Waals surface area contributed by atoms with Crippen LogP contribution in [-0.2, 0) is 22.7 Å². The van der Waals surface area contributed by atoms with Gasteiger partial charge in [0.2, 0.25) is 5.91 Å². The average Bonchev–Trinajstić information content (AvgIpc) is 3.52. The number of fused-ring (bicyclic) bond motifs is 1. The van der Waals surface area contributed by atoms with Gasteiger partial charge in [0, 0.05) is 29.1 Å². The molecule has 4 atom stereocenters. The number of likely N-dealkylation sites (N-methyl/N-ethyl adjacent to an activating group) is 1. The summed E-state index contributed by atoms with van der Waals surface area (Å²) < 4.78 is 13.4. The number of rotatable bonds is 9. The summed E-state index contributed by atoms with van der Waals surface area (Å²) in [4.78, 5) is 28.1. The van der Waals surface area contributed by atoms with Crippen LogP contribution in [0.1, 0.15) is 22.9 Å². The first-order chi connectivity index (χ1) is 19.4. The van der Waals surface area contributed by atoms with Gasteiger partial charge in [-0.3, -0.25) is 9.36 Å². The lowest BCUT2D eigenvalue weighted by atomic mass is 10.1. The number of ether oxygens (including phenoxy) is 2. The van der Waals surface area contributed by atoms with Gasteiger partial charge in [-0.05, 0) is 36.2 Å². The molecule has 2 aromatic carbocycles. The quantitative estimate of drug-likeness (QED) is 0.157. The second kappa shape index (κ2) is 11.8. The van der Waals surface area contributed by atoms with Crippen LogP contribution in [0.5, 0.6) is 5.75 Å². The van der Waals surface area contributed by atoms with Crippen LogP contribution in [0.25, 0.3) is 21.6 Å². The maximum atomic E-state index is 12.3. The van der Waals surface area contributed by atoms with Gasteiger partial charge in [0.1, 0.15) is 36.9 Å². The first-order valence-corrected chi connectivity index (χ1v) is 12.7. The smallest absolute Gasteiger partial charge is 0.249 e. The Labute approximate surface area is 233 Å². The second-order valence-electron chi connectivity index (χ2n) is 9.18. The molecule has 0 bridgehead atoms. The highest BCUT2D eigenvalue weighted by Gasteiger charge is 2.48. The van der Waals surface area contributed by atoms with Gasteiger partial charge in [-0.1, -0.05) is 46.5 Å². The maximum Gasteiger partial charge on any atom is 0.249 e. The summed E-state index contributed by atoms with van der Waals surface area (Å²) in [5, 5.41) is 20.7. The van der Waals surface area contributed by atoms with E-state index in [4.69, 9.17) is 26.6 Å². The normalized spacial score (nSPS) is 20.2. The number of aryl methyl sites for hydroxylation is 1. The largest absolute Gasteiger partial charge is 0.489 e. The number of aliphatic hydroxyl groups excluding tert-OH is 1. The fourth-order valence-electron chi connectivity index (χ4n) is 4.57. The summed E-state index contributed by atoms with van der Waals surface area (Å²) in [6, 6.07) is 12.4. The molecule has 1 saturated heterocycles. The topological polar surface area (TPSA) is 172 Å². The number of aromatic nitrogens is 4. The number of nitrogens with one attached hydrogen (secondary N) is 2. The van der Waals surface area contributed by atoms with Gasteiger partial charge in [0.05, 0.1) is 6.33 Å². The van der Waals surface area contributed by atoms with Gasteiger partial charge in [-0.25, -0.2) is 15.0 Å². The molecule has 2 aromatic heterocycles. The molecule has 0 aliphatic carbocycles. The van der Waals surface area contributed by atoms with E-state index in [1.54, 1.807) is 6.07 Å². The summed E-state index contributed by atoms with van der Waals surface area (Å²) in [5.41, 5.74) is 12.7. The van der Waals surface area contributed by atoms with Gasteiger partial charge in [0.25, 0.3) is 0 Å². The van der Waals surface area contributed by atoms with E-state index in [1.807, 2.05) is 37.3 Å². The van der Waals surface area contributed by atoms with Crippen molar-refractivity contribution in [2.45, 2.75) is 44.6 Å². The van der Waals surface area contributed by atoms with Crippen molar-refractivity contribution in [3.63, 3.8) is 0 Å². The Balaban J connectivity index is 1.37. The van der Waals surface area contributed by atoms with Crippen molar-refractivity contribution >= 4 is 34.5 Å². The van der Waals surface area contributed by atoms with Crippen LogP contribution < -0.4 is 15.4 Å². The number of carbonyl (C=O) groups is 1. The van der Waals surface area contributed by atoms with Gasteiger partial charge in [0.15, 0.2) is 23.2 Å². The van der Waals surface area contributed by atoms with Crippen LogP contribution in [0.3, 0.4) is 0 Å². The Hall–Kier alpha value is -4.42. The van der Waals surface area contributed by atoms with E-state index in [1.165, 1.54) is 24.3 Å². The summed E-state index contributed by atoms with van der Waals surface area (Å²) in [5.74, 6) is 0.568.